The smallest absolute Gasteiger partial charge is 0.392 e. The third kappa shape index (κ3) is 6.32. The SMILES string of the molecule is C[C@H]([C@H](C(=O)Nc1cc(-c2c(F)cccc2CC(=O)O)ccc1Cl)c1ccc(Cl)cc1)C(F)(F)F. The molecule has 3 aromatic rings. The van der Waals surface area contributed by atoms with Crippen molar-refractivity contribution in [1.82, 2.24) is 0 Å². The number of carboxylic acid groups (broad SMARTS) is 1. The van der Waals surface area contributed by atoms with Crippen LogP contribution in [0.5, 0.6) is 0 Å². The van der Waals surface area contributed by atoms with Gasteiger partial charge < -0.3 is 10.4 Å². The summed E-state index contributed by atoms with van der Waals surface area (Å²) in [6, 6.07) is 13.5. The zero-order valence-electron chi connectivity index (χ0n) is 18.2. The second kappa shape index (κ2) is 10.7. The second-order valence-corrected chi connectivity index (χ2v) is 8.73. The first-order valence-electron chi connectivity index (χ1n) is 10.3. The minimum atomic E-state index is -4.67. The first-order chi connectivity index (χ1) is 16.4. The number of carbonyl (C=O) groups excluding carboxylic acids is 1. The van der Waals surface area contributed by atoms with Crippen LogP contribution < -0.4 is 5.32 Å². The molecule has 2 N–H and O–H groups in total. The molecule has 10 heteroatoms. The second-order valence-electron chi connectivity index (χ2n) is 7.89. The highest BCUT2D eigenvalue weighted by Crippen LogP contribution is 2.39. The summed E-state index contributed by atoms with van der Waals surface area (Å²) in [5, 5.41) is 11.9. The predicted octanol–water partition coefficient (Wildman–Crippen LogP) is 7.35. The number of benzene rings is 3. The van der Waals surface area contributed by atoms with Crippen molar-refractivity contribution in [3.05, 3.63) is 87.7 Å². The predicted molar refractivity (Wildman–Crippen MR) is 126 cm³/mol. The van der Waals surface area contributed by atoms with Gasteiger partial charge in [-0.2, -0.15) is 13.2 Å². The van der Waals surface area contributed by atoms with Gasteiger partial charge in [-0.25, -0.2) is 4.39 Å². The van der Waals surface area contributed by atoms with Gasteiger partial charge in [0.05, 0.1) is 29.0 Å². The van der Waals surface area contributed by atoms with E-state index in [2.05, 4.69) is 5.32 Å². The Morgan fingerprint density at radius 2 is 1.69 bits per heavy atom. The summed E-state index contributed by atoms with van der Waals surface area (Å²) in [6.45, 7) is 0.897. The zero-order valence-corrected chi connectivity index (χ0v) is 19.7. The molecule has 0 aliphatic heterocycles. The van der Waals surface area contributed by atoms with E-state index in [-0.39, 0.29) is 33.0 Å². The van der Waals surface area contributed by atoms with Gasteiger partial charge in [0.1, 0.15) is 5.82 Å². The van der Waals surface area contributed by atoms with E-state index in [4.69, 9.17) is 28.3 Å². The van der Waals surface area contributed by atoms with E-state index in [0.29, 0.717) is 5.02 Å². The molecule has 0 aliphatic rings. The summed E-state index contributed by atoms with van der Waals surface area (Å²) < 4.78 is 55.4. The number of aliphatic carboxylic acids is 1. The molecule has 1 amide bonds. The summed E-state index contributed by atoms with van der Waals surface area (Å²) in [5.74, 6) is -6.52. The molecule has 0 radical (unpaired) electrons. The maximum absolute atomic E-state index is 14.7. The van der Waals surface area contributed by atoms with Crippen LogP contribution in [0.25, 0.3) is 11.1 Å². The van der Waals surface area contributed by atoms with Gasteiger partial charge in [-0.1, -0.05) is 60.5 Å². The lowest BCUT2D eigenvalue weighted by Crippen LogP contribution is -2.34. The van der Waals surface area contributed by atoms with Gasteiger partial charge in [-0.05, 0) is 47.0 Å². The summed E-state index contributed by atoms with van der Waals surface area (Å²) in [7, 11) is 0. The third-order valence-corrected chi connectivity index (χ3v) is 6.06. The molecule has 0 unspecified atom stereocenters. The number of anilines is 1. The summed E-state index contributed by atoms with van der Waals surface area (Å²) in [4.78, 5) is 24.3. The molecule has 0 saturated carbocycles. The monoisotopic (exact) mass is 527 g/mol. The number of hydrogen-bond acceptors (Lipinski definition) is 2. The van der Waals surface area contributed by atoms with Crippen LogP contribution in [0.4, 0.5) is 23.2 Å². The molecule has 0 heterocycles. The lowest BCUT2D eigenvalue weighted by molar-refractivity contribution is -0.178. The number of nitrogens with one attached hydrogen (secondary N) is 1. The van der Waals surface area contributed by atoms with E-state index in [9.17, 15) is 27.2 Å². The highest BCUT2D eigenvalue weighted by molar-refractivity contribution is 6.34. The van der Waals surface area contributed by atoms with E-state index in [1.807, 2.05) is 0 Å². The number of amides is 1. The Morgan fingerprint density at radius 3 is 2.29 bits per heavy atom. The molecular weight excluding hydrogens is 509 g/mol. The molecule has 2 atom stereocenters. The van der Waals surface area contributed by atoms with Crippen molar-refractivity contribution in [2.45, 2.75) is 25.4 Å². The lowest BCUT2D eigenvalue weighted by atomic mass is 9.85. The van der Waals surface area contributed by atoms with Crippen molar-refractivity contribution in [3.63, 3.8) is 0 Å². The first kappa shape index (κ1) is 26.5. The van der Waals surface area contributed by atoms with Crippen molar-refractivity contribution >= 4 is 40.8 Å². The number of hydrogen-bond donors (Lipinski definition) is 2. The van der Waals surface area contributed by atoms with Gasteiger partial charge >= 0.3 is 12.1 Å². The van der Waals surface area contributed by atoms with Crippen LogP contribution in [0.15, 0.2) is 60.7 Å². The van der Waals surface area contributed by atoms with Crippen LogP contribution in [-0.2, 0) is 16.0 Å². The molecule has 35 heavy (non-hydrogen) atoms. The molecule has 0 bridgehead atoms. The van der Waals surface area contributed by atoms with E-state index >= 15 is 0 Å². The number of rotatable bonds is 7. The Kier molecular flexibility index (Phi) is 8.07. The third-order valence-electron chi connectivity index (χ3n) is 5.48. The summed E-state index contributed by atoms with van der Waals surface area (Å²) in [5.41, 5.74) is 0.418. The molecule has 3 rings (SSSR count). The Hall–Kier alpha value is -3.10. The molecule has 0 aliphatic carbocycles. The normalized spacial score (nSPS) is 13.2. The van der Waals surface area contributed by atoms with Gasteiger partial charge in [0.2, 0.25) is 5.91 Å². The molecule has 4 nitrogen and oxygen atoms in total. The van der Waals surface area contributed by atoms with E-state index in [0.717, 1.165) is 13.0 Å². The molecule has 0 saturated heterocycles. The van der Waals surface area contributed by atoms with Crippen molar-refractivity contribution < 1.29 is 32.3 Å². The van der Waals surface area contributed by atoms with Crippen LogP contribution in [0.3, 0.4) is 0 Å². The summed E-state index contributed by atoms with van der Waals surface area (Å²) in [6.07, 6.45) is -5.13. The van der Waals surface area contributed by atoms with Gasteiger partial charge in [0.15, 0.2) is 0 Å². The fourth-order valence-corrected chi connectivity index (χ4v) is 4.01. The minimum absolute atomic E-state index is 0.00717. The fraction of sp³-hybridized carbons (Fsp3) is 0.200. The number of carbonyl (C=O) groups is 2. The number of carboxylic acids is 1. The van der Waals surface area contributed by atoms with Crippen molar-refractivity contribution in [2.24, 2.45) is 5.92 Å². The van der Waals surface area contributed by atoms with Crippen molar-refractivity contribution in [2.75, 3.05) is 5.32 Å². The molecule has 0 spiro atoms. The van der Waals surface area contributed by atoms with E-state index in [1.54, 1.807) is 0 Å². The van der Waals surface area contributed by atoms with Crippen LogP contribution in [0.1, 0.15) is 24.0 Å². The Balaban J connectivity index is 2.02. The maximum atomic E-state index is 14.7. The van der Waals surface area contributed by atoms with Gasteiger partial charge in [0, 0.05) is 10.6 Å². The first-order valence-corrected chi connectivity index (χ1v) is 11.1. The molecule has 0 aromatic heterocycles. The van der Waals surface area contributed by atoms with Crippen LogP contribution in [0.2, 0.25) is 10.0 Å². The molecular formula is C25H19Cl2F4NO3. The Labute approximate surface area is 208 Å². The standard InChI is InChI=1S/C25H19Cl2F4NO3/c1-13(25(29,30)31)22(14-5-8-17(26)9-6-14)24(35)32-20-11-16(7-10-18(20)27)23-15(12-21(33)34)3-2-4-19(23)28/h2-11,13,22H,12H2,1H3,(H,32,35)(H,33,34)/t13-,22+/m1/s1. The zero-order chi connectivity index (χ0) is 25.9. The lowest BCUT2D eigenvalue weighted by Gasteiger charge is -2.26. The van der Waals surface area contributed by atoms with Crippen molar-refractivity contribution in [3.8, 4) is 11.1 Å². The Bertz CT molecular complexity index is 1250. The van der Waals surface area contributed by atoms with E-state index in [1.165, 1.54) is 54.6 Å². The topological polar surface area (TPSA) is 66.4 Å². The molecule has 0 fully saturated rings. The molecule has 3 aromatic carbocycles. The van der Waals surface area contributed by atoms with E-state index < -0.39 is 42.1 Å². The van der Waals surface area contributed by atoms with Crippen molar-refractivity contribution in [1.29, 1.82) is 0 Å². The minimum Gasteiger partial charge on any atom is -0.481 e. The fourth-order valence-electron chi connectivity index (χ4n) is 3.72. The number of halogens is 6. The average Bonchev–Trinajstić information content (AvgIpc) is 2.76. The van der Waals surface area contributed by atoms with Crippen LogP contribution in [0, 0.1) is 11.7 Å². The highest BCUT2D eigenvalue weighted by atomic mass is 35.5. The largest absolute Gasteiger partial charge is 0.481 e. The van der Waals surface area contributed by atoms with Gasteiger partial charge in [-0.15, -0.1) is 0 Å². The highest BCUT2D eigenvalue weighted by Gasteiger charge is 2.45. The maximum Gasteiger partial charge on any atom is 0.392 e. The van der Waals surface area contributed by atoms with Gasteiger partial charge in [0.25, 0.3) is 0 Å². The quantitative estimate of drug-likeness (QED) is 0.315. The van der Waals surface area contributed by atoms with Crippen LogP contribution >= 0.6 is 23.2 Å². The van der Waals surface area contributed by atoms with Gasteiger partial charge in [-0.3, -0.25) is 9.59 Å². The molecule has 184 valence electrons. The van der Waals surface area contributed by atoms with Crippen LogP contribution in [-0.4, -0.2) is 23.2 Å². The average molecular weight is 528 g/mol. The summed E-state index contributed by atoms with van der Waals surface area (Å²) >= 11 is 12.0. The number of alkyl halides is 3. The Morgan fingerprint density at radius 1 is 1.03 bits per heavy atom.